The van der Waals surface area contributed by atoms with Gasteiger partial charge in [0, 0.05) is 74.7 Å². The number of cyclic esters (lactones) is 1. The maximum atomic E-state index is 15.7. The highest BCUT2D eigenvalue weighted by Gasteiger charge is 2.46. The highest BCUT2D eigenvalue weighted by Crippen LogP contribution is 2.42. The molecule has 2 fully saturated rings. The number of nitrogens with one attached hydrogen (secondary N) is 2. The first kappa shape index (κ1) is 45.5. The van der Waals surface area contributed by atoms with Crippen molar-refractivity contribution in [1.29, 1.82) is 0 Å². The normalized spacial score (nSPS) is 22.2. The summed E-state index contributed by atoms with van der Waals surface area (Å²) in [4.78, 5) is 66.4. The van der Waals surface area contributed by atoms with Gasteiger partial charge in [0.15, 0.2) is 0 Å². The zero-order chi connectivity index (χ0) is 45.4. The summed E-state index contributed by atoms with van der Waals surface area (Å²) in [7, 11) is 3.05. The van der Waals surface area contributed by atoms with Crippen LogP contribution in [-0.2, 0) is 48.0 Å². The summed E-state index contributed by atoms with van der Waals surface area (Å²) in [5, 5.41) is 16.4. The van der Waals surface area contributed by atoms with Gasteiger partial charge in [-0.15, -0.1) is 0 Å². The molecule has 336 valence electrons. The lowest BCUT2D eigenvalue weighted by Gasteiger charge is -2.34. The Balaban J connectivity index is 1.38. The molecule has 0 spiro atoms. The fraction of sp³-hybridized carbons (Fsp3) is 0.500. The summed E-state index contributed by atoms with van der Waals surface area (Å²) >= 11 is 0. The van der Waals surface area contributed by atoms with E-state index in [-0.39, 0.29) is 50.1 Å². The topological polar surface area (TPSA) is 168 Å². The number of halogens is 1. The van der Waals surface area contributed by atoms with Crippen LogP contribution in [0.1, 0.15) is 83.7 Å². The molecule has 3 aliphatic heterocycles. The van der Waals surface area contributed by atoms with Gasteiger partial charge in [0.1, 0.15) is 23.5 Å². The van der Waals surface area contributed by atoms with Gasteiger partial charge in [-0.3, -0.25) is 29.2 Å². The summed E-state index contributed by atoms with van der Waals surface area (Å²) in [5.74, 6) is -3.33. The van der Waals surface area contributed by atoms with E-state index in [2.05, 4.69) is 59.3 Å². The molecular weight excluding hydrogens is 806 g/mol. The van der Waals surface area contributed by atoms with E-state index >= 15 is 4.39 Å². The van der Waals surface area contributed by atoms with E-state index < -0.39 is 52.8 Å². The Kier molecular flexibility index (Phi) is 13.2. The van der Waals surface area contributed by atoms with Crippen LogP contribution in [0, 0.1) is 11.3 Å². The molecule has 3 aliphatic rings. The summed E-state index contributed by atoms with van der Waals surface area (Å²) in [6, 6.07) is 13.1. The number of fused-ring (bicyclic) bond motifs is 6. The first-order valence-corrected chi connectivity index (χ1v) is 21.9. The zero-order valence-electron chi connectivity index (χ0n) is 37.6. The number of carbonyl (C=O) groups excluding carboxylic acids is 4. The average Bonchev–Trinajstić information content (AvgIpc) is 3.84. The standard InChI is InChI=1S/C48H60FN7O7/c1-9-55-39-15-14-31-24-35(39)36(42(55)34-12-10-17-51-40(34)29(4)62-8)25-47(5,6)27-63-45(60)37-13-11-19-56(53-37)44(59)38(22-30-20-32(31)23-33(57)21-30)52-43(58)41(28(2)3)54(7)46(61)48(49)16-18-50-26-48/h10,12,14-15,17,20-21,23-24,28-29,37,41,50,53,57H,9,11,13,16,18-19,22,25-27H2,1-8H3/t29-,37-,41-,48+/m0/s1. The molecule has 3 N–H and O–H groups in total. The number of aromatic hydroxyl groups is 1. The number of aliphatic imine (C=N–C) groups is 1. The van der Waals surface area contributed by atoms with E-state index in [0.717, 1.165) is 43.9 Å². The number of pyridine rings is 1. The molecule has 3 amide bonds. The smallest absolute Gasteiger partial charge is 0.324 e. The highest BCUT2D eigenvalue weighted by molar-refractivity contribution is 6.40. The maximum Gasteiger partial charge on any atom is 0.324 e. The summed E-state index contributed by atoms with van der Waals surface area (Å²) in [5.41, 5.74) is 6.85. The fourth-order valence-corrected chi connectivity index (χ4v) is 9.31. The Hall–Kier alpha value is -5.51. The third kappa shape index (κ3) is 9.27. The van der Waals surface area contributed by atoms with Crippen molar-refractivity contribution in [2.24, 2.45) is 16.3 Å². The third-order valence-electron chi connectivity index (χ3n) is 12.6. The van der Waals surface area contributed by atoms with Crippen molar-refractivity contribution in [3.8, 4) is 28.1 Å². The Labute approximate surface area is 368 Å². The molecule has 6 bridgehead atoms. The lowest BCUT2D eigenvalue weighted by Crippen LogP contribution is -2.57. The molecule has 0 radical (unpaired) electrons. The first-order chi connectivity index (χ1) is 29.9. The van der Waals surface area contributed by atoms with Gasteiger partial charge in [-0.05, 0) is 104 Å². The van der Waals surface area contributed by atoms with E-state index in [1.54, 1.807) is 33.2 Å². The van der Waals surface area contributed by atoms with Crippen LogP contribution in [0.5, 0.6) is 5.75 Å². The Morgan fingerprint density at radius 3 is 2.60 bits per heavy atom. The number of benzene rings is 2. The molecule has 4 atom stereocenters. The van der Waals surface area contributed by atoms with Crippen LogP contribution < -0.4 is 10.7 Å². The van der Waals surface area contributed by atoms with Gasteiger partial charge in [-0.1, -0.05) is 39.8 Å². The molecule has 15 heteroatoms. The molecule has 4 aromatic rings. The molecule has 14 nitrogen and oxygen atoms in total. The number of phenolic OH excluding ortho intramolecular Hbond substituents is 1. The Morgan fingerprint density at radius 2 is 1.90 bits per heavy atom. The quantitative estimate of drug-likeness (QED) is 0.176. The number of esters is 1. The number of aryl methyl sites for hydroxylation is 1. The van der Waals surface area contributed by atoms with Crippen LogP contribution in [0.3, 0.4) is 0 Å². The molecule has 63 heavy (non-hydrogen) atoms. The minimum Gasteiger partial charge on any atom is -0.508 e. The van der Waals surface area contributed by atoms with Crippen molar-refractivity contribution in [2.45, 2.75) is 104 Å². The minimum atomic E-state index is -2.17. The second-order valence-corrected chi connectivity index (χ2v) is 18.3. The lowest BCUT2D eigenvalue weighted by atomic mass is 9.84. The van der Waals surface area contributed by atoms with Gasteiger partial charge in [0.05, 0.1) is 24.1 Å². The van der Waals surface area contributed by atoms with Gasteiger partial charge in [0.25, 0.3) is 17.7 Å². The number of carbonyl (C=O) groups is 4. The summed E-state index contributed by atoms with van der Waals surface area (Å²) in [6.45, 7) is 12.8. The molecule has 0 saturated carbocycles. The number of amides is 3. The third-order valence-corrected chi connectivity index (χ3v) is 12.6. The van der Waals surface area contributed by atoms with E-state index in [9.17, 15) is 24.3 Å². The lowest BCUT2D eigenvalue weighted by molar-refractivity contribution is -0.153. The number of aromatic nitrogens is 2. The van der Waals surface area contributed by atoms with Crippen molar-refractivity contribution in [2.75, 3.05) is 40.4 Å². The fourth-order valence-electron chi connectivity index (χ4n) is 9.31. The molecule has 0 unspecified atom stereocenters. The average molecular weight is 866 g/mol. The van der Waals surface area contributed by atoms with Gasteiger partial charge in [0.2, 0.25) is 5.67 Å². The maximum absolute atomic E-state index is 15.7. The van der Waals surface area contributed by atoms with Crippen molar-refractivity contribution in [3.05, 3.63) is 71.5 Å². The van der Waals surface area contributed by atoms with Crippen molar-refractivity contribution >= 4 is 40.3 Å². The van der Waals surface area contributed by atoms with E-state index in [0.29, 0.717) is 43.5 Å². The number of phenols is 1. The Bertz CT molecular complexity index is 2440. The van der Waals surface area contributed by atoms with Crippen LogP contribution in [0.4, 0.5) is 4.39 Å². The van der Waals surface area contributed by atoms with E-state index in [4.69, 9.17) is 14.5 Å². The van der Waals surface area contributed by atoms with Crippen LogP contribution in [0.2, 0.25) is 0 Å². The number of ether oxygens (including phenoxy) is 2. The van der Waals surface area contributed by atoms with Crippen LogP contribution in [0.15, 0.2) is 59.7 Å². The molecule has 2 saturated heterocycles. The summed E-state index contributed by atoms with van der Waals surface area (Å²) in [6.07, 6.45) is 2.67. The van der Waals surface area contributed by atoms with Crippen LogP contribution >= 0.6 is 0 Å². The first-order valence-electron chi connectivity index (χ1n) is 21.9. The monoisotopic (exact) mass is 865 g/mol. The number of hydrogen-bond acceptors (Lipinski definition) is 10. The number of nitrogens with zero attached hydrogens (tertiary/aromatic N) is 5. The molecule has 2 aromatic heterocycles. The highest BCUT2D eigenvalue weighted by atomic mass is 19.1. The second-order valence-electron chi connectivity index (χ2n) is 18.3. The van der Waals surface area contributed by atoms with E-state index in [1.807, 2.05) is 25.1 Å². The molecule has 7 rings (SSSR count). The molecule has 2 aromatic carbocycles. The van der Waals surface area contributed by atoms with E-state index in [1.165, 1.54) is 18.1 Å². The number of hydrogen-bond donors (Lipinski definition) is 3. The summed E-state index contributed by atoms with van der Waals surface area (Å²) < 4.78 is 29.9. The molecule has 0 aliphatic carbocycles. The largest absolute Gasteiger partial charge is 0.508 e. The van der Waals surface area contributed by atoms with Crippen LogP contribution in [0.25, 0.3) is 33.3 Å². The zero-order valence-corrected chi connectivity index (χ0v) is 37.6. The van der Waals surface area contributed by atoms with Gasteiger partial charge in [-0.25, -0.2) is 14.8 Å². The predicted molar refractivity (Wildman–Crippen MR) is 239 cm³/mol. The number of likely N-dealkylation sites (N-methyl/N-ethyl adjacent to an activating group) is 1. The molecule has 5 heterocycles. The predicted octanol–water partition coefficient (Wildman–Crippen LogP) is 6.12. The van der Waals surface area contributed by atoms with Gasteiger partial charge >= 0.3 is 5.97 Å². The number of rotatable bonds is 8. The number of alkyl halides is 1. The Morgan fingerprint density at radius 1 is 1.13 bits per heavy atom. The van der Waals surface area contributed by atoms with Gasteiger partial charge in [-0.2, -0.15) is 0 Å². The van der Waals surface area contributed by atoms with Crippen LogP contribution in [-0.4, -0.2) is 112 Å². The second kappa shape index (κ2) is 18.3. The van der Waals surface area contributed by atoms with Crippen molar-refractivity contribution < 1.29 is 38.1 Å². The van der Waals surface area contributed by atoms with Crippen molar-refractivity contribution in [3.63, 3.8) is 0 Å². The van der Waals surface area contributed by atoms with Crippen molar-refractivity contribution in [1.82, 2.24) is 30.2 Å². The minimum absolute atomic E-state index is 0.0251. The SMILES string of the molecule is CCn1c(-c2cccnc2[C@H](C)OC)c2c3cc(ccc31)-c1cc(O)cc(c1)CC(=NC(=O)[C@H](C(C)C)N(C)C(=O)[C@@]1(F)CCNC1)C(=O)N1CCC[C@H](N1)C(=O)OCC(C)(C)C2. The molecular formula is C48H60FN7O7. The number of methoxy groups -OCH3 is 1. The number of hydrazine groups is 1. The van der Waals surface area contributed by atoms with Gasteiger partial charge < -0.3 is 29.4 Å².